The summed E-state index contributed by atoms with van der Waals surface area (Å²) in [6.07, 6.45) is 5.43. The van der Waals surface area contributed by atoms with Crippen molar-refractivity contribution in [1.82, 2.24) is 35.3 Å². The Kier molecular flexibility index (Phi) is 11.0. The predicted molar refractivity (Wildman–Crippen MR) is 161 cm³/mol. The summed E-state index contributed by atoms with van der Waals surface area (Å²) in [6.45, 7) is 6.54. The third-order valence-corrected chi connectivity index (χ3v) is 8.21. The molecule has 0 saturated heterocycles. The van der Waals surface area contributed by atoms with Gasteiger partial charge in [-0.15, -0.1) is 5.10 Å². The van der Waals surface area contributed by atoms with Crippen LogP contribution in [0.15, 0.2) is 48.5 Å². The lowest BCUT2D eigenvalue weighted by Crippen LogP contribution is -2.53. The second-order valence-corrected chi connectivity index (χ2v) is 11.3. The number of hydrogen-bond donors (Lipinski definition) is 2. The zero-order valence-corrected chi connectivity index (χ0v) is 25.1. The lowest BCUT2D eigenvalue weighted by atomic mass is 9.80. The number of benzene rings is 2. The summed E-state index contributed by atoms with van der Waals surface area (Å²) in [5.74, 6) is 0.679. The molecular formula is C31H43FN8O2. The molecule has 1 fully saturated rings. The van der Waals surface area contributed by atoms with Crippen molar-refractivity contribution in [1.29, 1.82) is 0 Å². The number of urea groups is 1. The van der Waals surface area contributed by atoms with E-state index in [2.05, 4.69) is 38.0 Å². The van der Waals surface area contributed by atoms with Gasteiger partial charge in [0.1, 0.15) is 5.82 Å². The Balaban J connectivity index is 1.41. The number of amides is 3. The second kappa shape index (κ2) is 14.9. The van der Waals surface area contributed by atoms with Crippen molar-refractivity contribution in [2.24, 2.45) is 13.0 Å². The lowest BCUT2D eigenvalue weighted by Gasteiger charge is -2.41. The largest absolute Gasteiger partial charge is 0.343 e. The minimum atomic E-state index is -0.275. The Hall–Kier alpha value is -3.86. The summed E-state index contributed by atoms with van der Waals surface area (Å²) in [7, 11) is 3.61. The van der Waals surface area contributed by atoms with E-state index in [4.69, 9.17) is 0 Å². The van der Waals surface area contributed by atoms with Gasteiger partial charge in [0.05, 0.1) is 0 Å². The number of hydrogen-bond acceptors (Lipinski definition) is 6. The quantitative estimate of drug-likeness (QED) is 0.328. The van der Waals surface area contributed by atoms with Crippen molar-refractivity contribution in [2.75, 3.05) is 32.0 Å². The molecule has 11 heteroatoms. The Morgan fingerprint density at radius 1 is 1.12 bits per heavy atom. The van der Waals surface area contributed by atoms with Gasteiger partial charge in [-0.3, -0.25) is 4.79 Å². The number of anilines is 1. The number of tetrazole rings is 1. The number of aryl methyl sites for hydroxylation is 2. The first kappa shape index (κ1) is 31.1. The van der Waals surface area contributed by atoms with Gasteiger partial charge in [-0.05, 0) is 97.8 Å². The molecule has 3 amide bonds. The molecule has 0 spiro atoms. The SMILES string of the molecule is CCCN(CCCc1ccc(F)cc1)C[C@@H]1CC[C@@H](N(C)C(C)=O)C[C@H]1NC(=O)Nc1cccc(-c2nnnn2C)c1. The van der Waals surface area contributed by atoms with E-state index in [0.717, 1.165) is 62.9 Å². The number of aromatic nitrogens is 4. The molecule has 0 radical (unpaired) electrons. The van der Waals surface area contributed by atoms with E-state index in [1.807, 2.05) is 43.4 Å². The van der Waals surface area contributed by atoms with Gasteiger partial charge in [-0.2, -0.15) is 0 Å². The predicted octanol–water partition coefficient (Wildman–Crippen LogP) is 4.50. The van der Waals surface area contributed by atoms with Gasteiger partial charge in [-0.25, -0.2) is 13.9 Å². The molecule has 1 aliphatic carbocycles. The number of carbonyl (C=O) groups excluding carboxylic acids is 2. The van der Waals surface area contributed by atoms with Crippen molar-refractivity contribution >= 4 is 17.6 Å². The minimum absolute atomic E-state index is 0.0325. The molecule has 2 N–H and O–H groups in total. The number of carbonyl (C=O) groups is 2. The zero-order chi connectivity index (χ0) is 30.1. The van der Waals surface area contributed by atoms with Crippen LogP contribution in [0.3, 0.4) is 0 Å². The van der Waals surface area contributed by atoms with Crippen LogP contribution in [0.1, 0.15) is 51.5 Å². The molecule has 1 aromatic heterocycles. The second-order valence-electron chi connectivity index (χ2n) is 11.3. The third-order valence-electron chi connectivity index (χ3n) is 8.21. The van der Waals surface area contributed by atoms with E-state index in [9.17, 15) is 14.0 Å². The van der Waals surface area contributed by atoms with E-state index in [1.165, 1.54) is 12.1 Å². The molecular weight excluding hydrogens is 535 g/mol. The van der Waals surface area contributed by atoms with Gasteiger partial charge in [0.15, 0.2) is 5.82 Å². The van der Waals surface area contributed by atoms with Crippen LogP contribution in [0.5, 0.6) is 0 Å². The van der Waals surface area contributed by atoms with Crippen molar-refractivity contribution in [2.45, 2.75) is 64.5 Å². The van der Waals surface area contributed by atoms with Crippen LogP contribution < -0.4 is 10.6 Å². The topological polar surface area (TPSA) is 108 Å². The van der Waals surface area contributed by atoms with Gasteiger partial charge in [0.25, 0.3) is 0 Å². The summed E-state index contributed by atoms with van der Waals surface area (Å²) in [6, 6.07) is 13.9. The van der Waals surface area contributed by atoms with Crippen molar-refractivity contribution in [3.05, 3.63) is 59.9 Å². The molecule has 1 aliphatic rings. The molecule has 4 rings (SSSR count). The van der Waals surface area contributed by atoms with Gasteiger partial charge in [0, 0.05) is 50.9 Å². The molecule has 0 aliphatic heterocycles. The first-order chi connectivity index (χ1) is 20.2. The van der Waals surface area contributed by atoms with Crippen LogP contribution in [0.25, 0.3) is 11.4 Å². The van der Waals surface area contributed by atoms with Crippen LogP contribution in [-0.2, 0) is 18.3 Å². The fraction of sp³-hybridized carbons (Fsp3) is 0.516. The van der Waals surface area contributed by atoms with Gasteiger partial charge >= 0.3 is 6.03 Å². The molecule has 10 nitrogen and oxygen atoms in total. The summed E-state index contributed by atoms with van der Waals surface area (Å²) in [5.41, 5.74) is 2.58. The molecule has 0 bridgehead atoms. The first-order valence-electron chi connectivity index (χ1n) is 14.8. The molecule has 3 atom stereocenters. The normalized spacial score (nSPS) is 18.6. The van der Waals surface area contributed by atoms with Gasteiger partial charge in [0.2, 0.25) is 5.91 Å². The fourth-order valence-corrected chi connectivity index (χ4v) is 5.86. The Morgan fingerprint density at radius 3 is 2.60 bits per heavy atom. The standard InChI is InChI=1S/C31H43FN8O2/c1-5-17-40(18-7-8-23-11-14-26(32)15-12-23)21-25-13-16-28(38(3)22(2)41)20-29(25)34-31(42)33-27-10-6-9-24(19-27)30-35-36-37-39(30)4/h6,9-12,14-15,19,25,28-29H,5,7-8,13,16-18,20-21H2,1-4H3,(H2,33,34,42)/t25-,28+,29+/m0/s1. The highest BCUT2D eigenvalue weighted by Crippen LogP contribution is 2.29. The number of rotatable bonds is 12. The van der Waals surface area contributed by atoms with Crippen LogP contribution in [0.4, 0.5) is 14.9 Å². The molecule has 3 aromatic rings. The van der Waals surface area contributed by atoms with E-state index in [1.54, 1.807) is 23.6 Å². The molecule has 1 heterocycles. The van der Waals surface area contributed by atoms with Gasteiger partial charge in [-0.1, -0.05) is 31.2 Å². The maximum Gasteiger partial charge on any atom is 0.319 e. The van der Waals surface area contributed by atoms with Gasteiger partial charge < -0.3 is 20.4 Å². The molecule has 2 aromatic carbocycles. The Bertz CT molecular complexity index is 1310. The average molecular weight is 579 g/mol. The summed E-state index contributed by atoms with van der Waals surface area (Å²) in [5, 5.41) is 17.9. The smallest absolute Gasteiger partial charge is 0.319 e. The highest BCUT2D eigenvalue weighted by atomic mass is 19.1. The Labute approximate surface area is 247 Å². The third kappa shape index (κ3) is 8.58. The molecule has 226 valence electrons. The molecule has 1 saturated carbocycles. The van der Waals surface area contributed by atoms with Crippen molar-refractivity contribution in [3.8, 4) is 11.4 Å². The van der Waals surface area contributed by atoms with E-state index < -0.39 is 0 Å². The lowest BCUT2D eigenvalue weighted by molar-refractivity contribution is -0.130. The number of nitrogens with one attached hydrogen (secondary N) is 2. The molecule has 42 heavy (non-hydrogen) atoms. The minimum Gasteiger partial charge on any atom is -0.343 e. The van der Waals surface area contributed by atoms with Crippen LogP contribution in [0, 0.1) is 11.7 Å². The zero-order valence-electron chi connectivity index (χ0n) is 25.1. The summed E-state index contributed by atoms with van der Waals surface area (Å²) < 4.78 is 14.9. The van der Waals surface area contributed by atoms with E-state index in [0.29, 0.717) is 17.9 Å². The summed E-state index contributed by atoms with van der Waals surface area (Å²) >= 11 is 0. The van der Waals surface area contributed by atoms with Crippen LogP contribution in [-0.4, -0.2) is 80.7 Å². The highest BCUT2D eigenvalue weighted by molar-refractivity contribution is 5.90. The van der Waals surface area contributed by atoms with E-state index >= 15 is 0 Å². The maximum atomic E-state index is 13.3. The highest BCUT2D eigenvalue weighted by Gasteiger charge is 2.35. The number of nitrogens with zero attached hydrogens (tertiary/aromatic N) is 6. The monoisotopic (exact) mass is 578 g/mol. The van der Waals surface area contributed by atoms with Crippen molar-refractivity contribution < 1.29 is 14.0 Å². The van der Waals surface area contributed by atoms with Crippen molar-refractivity contribution in [3.63, 3.8) is 0 Å². The fourth-order valence-electron chi connectivity index (χ4n) is 5.86. The van der Waals surface area contributed by atoms with E-state index in [-0.39, 0.29) is 35.8 Å². The molecule has 0 unspecified atom stereocenters. The first-order valence-corrected chi connectivity index (χ1v) is 14.8. The Morgan fingerprint density at radius 2 is 1.90 bits per heavy atom. The summed E-state index contributed by atoms with van der Waals surface area (Å²) in [4.78, 5) is 29.7. The van der Waals surface area contributed by atoms with Crippen LogP contribution >= 0.6 is 0 Å². The van der Waals surface area contributed by atoms with Crippen LogP contribution in [0.2, 0.25) is 0 Å². The average Bonchev–Trinajstić information content (AvgIpc) is 3.40. The number of halogens is 1. The maximum absolute atomic E-state index is 13.3.